The number of benzene rings is 2. The molecule has 0 atom stereocenters. The number of anilines is 1. The van der Waals surface area contributed by atoms with Gasteiger partial charge in [0.2, 0.25) is 0 Å². The number of hydrogen-bond acceptors (Lipinski definition) is 5. The molecule has 0 aliphatic rings. The molecule has 2 heterocycles. The van der Waals surface area contributed by atoms with Crippen molar-refractivity contribution >= 4 is 32.0 Å². The van der Waals surface area contributed by atoms with Gasteiger partial charge in [0, 0.05) is 29.0 Å². The van der Waals surface area contributed by atoms with Crippen LogP contribution in [0.5, 0.6) is 5.75 Å². The molecule has 4 aromatic rings. The minimum absolute atomic E-state index is 0.0179. The van der Waals surface area contributed by atoms with Crippen molar-refractivity contribution in [2.24, 2.45) is 0 Å². The van der Waals surface area contributed by atoms with Gasteiger partial charge in [-0.15, -0.1) is 11.3 Å². The van der Waals surface area contributed by atoms with E-state index in [0.29, 0.717) is 5.69 Å². The summed E-state index contributed by atoms with van der Waals surface area (Å²) < 4.78 is 48.2. The lowest BCUT2D eigenvalue weighted by Crippen LogP contribution is -2.13. The third-order valence-corrected chi connectivity index (χ3v) is 6.09. The summed E-state index contributed by atoms with van der Waals surface area (Å²) in [6, 6.07) is 10.4. The first-order chi connectivity index (χ1) is 13.0. The maximum atomic E-state index is 13.8. The van der Waals surface area contributed by atoms with Crippen LogP contribution in [0.1, 0.15) is 0 Å². The van der Waals surface area contributed by atoms with Crippen LogP contribution in [0, 0.1) is 5.82 Å². The smallest absolute Gasteiger partial charge is 0.262 e. The lowest BCUT2D eigenvalue weighted by Gasteiger charge is -2.10. The van der Waals surface area contributed by atoms with E-state index in [9.17, 15) is 12.8 Å². The number of sulfonamides is 1. The summed E-state index contributed by atoms with van der Waals surface area (Å²) in [5.74, 6) is -0.761. The topological polar surface area (TPSA) is 72.7 Å². The van der Waals surface area contributed by atoms with E-state index in [2.05, 4.69) is 9.71 Å². The molecule has 0 saturated heterocycles. The Kier molecular flexibility index (Phi) is 4.33. The number of halogens is 1. The molecule has 0 spiro atoms. The number of nitrogens with zero attached hydrogens (tertiary/aromatic N) is 2. The van der Waals surface area contributed by atoms with Crippen molar-refractivity contribution in [1.82, 2.24) is 9.38 Å². The third-order valence-electron chi connectivity index (χ3n) is 3.94. The van der Waals surface area contributed by atoms with Crippen molar-refractivity contribution in [2.45, 2.75) is 4.90 Å². The van der Waals surface area contributed by atoms with Crippen molar-refractivity contribution in [1.29, 1.82) is 0 Å². The van der Waals surface area contributed by atoms with Gasteiger partial charge in [0.05, 0.1) is 17.7 Å². The largest absolute Gasteiger partial charge is 0.494 e. The Morgan fingerprint density at radius 2 is 2.07 bits per heavy atom. The summed E-state index contributed by atoms with van der Waals surface area (Å²) in [5, 5.41) is 1.94. The number of thiazole rings is 1. The van der Waals surface area contributed by atoms with E-state index in [4.69, 9.17) is 4.74 Å². The van der Waals surface area contributed by atoms with E-state index in [-0.39, 0.29) is 10.6 Å². The normalized spacial score (nSPS) is 11.6. The molecule has 0 aliphatic carbocycles. The van der Waals surface area contributed by atoms with E-state index >= 15 is 0 Å². The summed E-state index contributed by atoms with van der Waals surface area (Å²) in [6.07, 6.45) is 3.78. The van der Waals surface area contributed by atoms with E-state index < -0.39 is 15.8 Å². The number of aromatic nitrogens is 2. The van der Waals surface area contributed by atoms with Gasteiger partial charge in [-0.1, -0.05) is 12.1 Å². The van der Waals surface area contributed by atoms with Crippen molar-refractivity contribution in [3.05, 3.63) is 66.1 Å². The summed E-state index contributed by atoms with van der Waals surface area (Å²) in [4.78, 5) is 5.18. The zero-order valence-electron chi connectivity index (χ0n) is 14.1. The van der Waals surface area contributed by atoms with Crippen LogP contribution in [0.3, 0.4) is 0 Å². The monoisotopic (exact) mass is 403 g/mol. The van der Waals surface area contributed by atoms with Crippen molar-refractivity contribution in [2.75, 3.05) is 11.8 Å². The second-order valence-electron chi connectivity index (χ2n) is 5.70. The Morgan fingerprint density at radius 1 is 1.22 bits per heavy atom. The van der Waals surface area contributed by atoms with Crippen LogP contribution in [0.25, 0.3) is 16.2 Å². The van der Waals surface area contributed by atoms with Gasteiger partial charge in [-0.25, -0.2) is 17.8 Å². The van der Waals surface area contributed by atoms with Gasteiger partial charge in [0.1, 0.15) is 0 Å². The standard InChI is InChI=1S/C18H14FN3O3S2/c1-25-17-6-5-14(10-15(17)19)27(23,24)21-13-4-2-3-12(9-13)16-11-22-7-8-26-18(22)20-16/h2-11,21H,1H3. The second-order valence-corrected chi connectivity index (χ2v) is 8.26. The molecule has 2 aromatic heterocycles. The molecule has 0 fully saturated rings. The fraction of sp³-hybridized carbons (Fsp3) is 0.0556. The minimum Gasteiger partial charge on any atom is -0.494 e. The van der Waals surface area contributed by atoms with Gasteiger partial charge in [0.15, 0.2) is 16.5 Å². The SMILES string of the molecule is COc1ccc(S(=O)(=O)Nc2cccc(-c3cn4ccsc4n3)c2)cc1F. The molecular formula is C18H14FN3O3S2. The summed E-state index contributed by atoms with van der Waals surface area (Å²) in [5.41, 5.74) is 1.87. The lowest BCUT2D eigenvalue weighted by molar-refractivity contribution is 0.385. The molecular weight excluding hydrogens is 389 g/mol. The predicted molar refractivity (Wildman–Crippen MR) is 102 cm³/mol. The zero-order chi connectivity index (χ0) is 19.0. The van der Waals surface area contributed by atoms with Crippen molar-refractivity contribution < 1.29 is 17.5 Å². The first kappa shape index (κ1) is 17.5. The first-order valence-corrected chi connectivity index (χ1v) is 10.2. The molecule has 2 aromatic carbocycles. The Balaban J connectivity index is 1.64. The van der Waals surface area contributed by atoms with E-state index in [1.807, 2.05) is 28.2 Å². The number of methoxy groups -OCH3 is 1. The summed E-state index contributed by atoms with van der Waals surface area (Å²) in [7, 11) is -2.63. The highest BCUT2D eigenvalue weighted by Crippen LogP contribution is 2.26. The zero-order valence-corrected chi connectivity index (χ0v) is 15.7. The fourth-order valence-corrected chi connectivity index (χ4v) is 4.40. The highest BCUT2D eigenvalue weighted by atomic mass is 32.2. The van der Waals surface area contributed by atoms with Crippen LogP contribution in [0.15, 0.2) is 65.1 Å². The maximum Gasteiger partial charge on any atom is 0.262 e. The molecule has 27 heavy (non-hydrogen) atoms. The van der Waals surface area contributed by atoms with Crippen LogP contribution in [0.4, 0.5) is 10.1 Å². The number of ether oxygens (including phenoxy) is 1. The highest BCUT2D eigenvalue weighted by Gasteiger charge is 2.17. The molecule has 4 rings (SSSR count). The second kappa shape index (κ2) is 6.67. The van der Waals surface area contributed by atoms with Gasteiger partial charge in [-0.3, -0.25) is 9.12 Å². The van der Waals surface area contributed by atoms with Gasteiger partial charge in [0.25, 0.3) is 10.0 Å². The molecule has 0 amide bonds. The van der Waals surface area contributed by atoms with Gasteiger partial charge in [-0.2, -0.15) is 0 Å². The first-order valence-electron chi connectivity index (χ1n) is 7.85. The quantitative estimate of drug-likeness (QED) is 0.546. The maximum absolute atomic E-state index is 13.8. The van der Waals surface area contributed by atoms with Crippen LogP contribution in [0.2, 0.25) is 0 Å². The Hall–Kier alpha value is -2.91. The molecule has 0 saturated carbocycles. The molecule has 0 aliphatic heterocycles. The van der Waals surface area contributed by atoms with Crippen LogP contribution in [-0.2, 0) is 10.0 Å². The molecule has 0 radical (unpaired) electrons. The average Bonchev–Trinajstić information content (AvgIpc) is 3.23. The molecule has 9 heteroatoms. The third kappa shape index (κ3) is 3.38. The predicted octanol–water partition coefficient (Wildman–Crippen LogP) is 4.01. The van der Waals surface area contributed by atoms with Gasteiger partial charge in [-0.05, 0) is 30.3 Å². The molecule has 0 unspecified atom stereocenters. The van der Waals surface area contributed by atoms with Crippen molar-refractivity contribution in [3.63, 3.8) is 0 Å². The van der Waals surface area contributed by atoms with Crippen LogP contribution < -0.4 is 9.46 Å². The Bertz CT molecular complexity index is 1200. The fourth-order valence-electron chi connectivity index (χ4n) is 2.64. The minimum atomic E-state index is -3.94. The number of imidazole rings is 1. The molecule has 138 valence electrons. The number of hydrogen-bond donors (Lipinski definition) is 1. The highest BCUT2D eigenvalue weighted by molar-refractivity contribution is 7.92. The number of fused-ring (bicyclic) bond motifs is 1. The molecule has 0 bridgehead atoms. The number of rotatable bonds is 5. The van der Waals surface area contributed by atoms with Crippen LogP contribution in [-0.4, -0.2) is 24.9 Å². The number of nitrogens with one attached hydrogen (secondary N) is 1. The summed E-state index contributed by atoms with van der Waals surface area (Å²) in [6.45, 7) is 0. The Morgan fingerprint density at radius 3 is 2.81 bits per heavy atom. The van der Waals surface area contributed by atoms with Gasteiger partial charge < -0.3 is 4.74 Å². The Labute approximate surface area is 158 Å². The lowest BCUT2D eigenvalue weighted by atomic mass is 10.1. The molecule has 6 nitrogen and oxygen atoms in total. The average molecular weight is 403 g/mol. The van der Waals surface area contributed by atoms with Gasteiger partial charge >= 0.3 is 0 Å². The van der Waals surface area contributed by atoms with Crippen molar-refractivity contribution in [3.8, 4) is 17.0 Å². The van der Waals surface area contributed by atoms with E-state index in [0.717, 1.165) is 22.3 Å². The van der Waals surface area contributed by atoms with E-state index in [1.54, 1.807) is 18.2 Å². The van der Waals surface area contributed by atoms with E-state index in [1.165, 1.54) is 30.6 Å². The molecule has 1 N–H and O–H groups in total. The van der Waals surface area contributed by atoms with Crippen LogP contribution >= 0.6 is 11.3 Å². The summed E-state index contributed by atoms with van der Waals surface area (Å²) >= 11 is 1.51.